The molecule has 2 N–H and O–H groups in total. The molecule has 0 heterocycles. The van der Waals surface area contributed by atoms with Crippen molar-refractivity contribution >= 4 is 11.8 Å². The third-order valence-electron chi connectivity index (χ3n) is 5.46. The van der Waals surface area contributed by atoms with Crippen molar-refractivity contribution in [2.75, 3.05) is 0 Å². The Morgan fingerprint density at radius 2 is 1.92 bits per heavy atom. The summed E-state index contributed by atoms with van der Waals surface area (Å²) in [5, 5.41) is 19.1. The number of carbonyl (C=O) groups excluding carboxylic acids is 1. The minimum atomic E-state index is -0.745. The fraction of sp³-hybridized carbons (Fsp3) is 0.727. The summed E-state index contributed by atoms with van der Waals surface area (Å²) in [6, 6.07) is 0. The number of aliphatic hydroxyl groups is 1. The zero-order chi connectivity index (χ0) is 19.6. The van der Waals surface area contributed by atoms with Crippen LogP contribution >= 0.6 is 0 Å². The van der Waals surface area contributed by atoms with Crippen LogP contribution in [0.1, 0.15) is 78.6 Å². The van der Waals surface area contributed by atoms with Crippen molar-refractivity contribution < 1.29 is 19.8 Å². The standard InChI is InChI=1S/C22H36O4/c1-4-5-16-22(2,3)20(24)15-13-17-12-14-19(23)18(17)10-8-6-7-9-11-21(25)26/h12-15,17-18,20,24H,4-11,16H2,1-3H3,(H,25,26)/t17-,18?,20?/m1/s1. The lowest BCUT2D eigenvalue weighted by Crippen LogP contribution is -2.27. The number of carboxylic acid groups (broad SMARTS) is 1. The highest BCUT2D eigenvalue weighted by Crippen LogP contribution is 2.32. The number of carboxylic acids is 1. The Kier molecular flexibility index (Phi) is 9.85. The van der Waals surface area contributed by atoms with E-state index >= 15 is 0 Å². The van der Waals surface area contributed by atoms with Gasteiger partial charge in [-0.25, -0.2) is 0 Å². The van der Waals surface area contributed by atoms with Gasteiger partial charge in [0, 0.05) is 18.3 Å². The molecule has 0 spiro atoms. The highest BCUT2D eigenvalue weighted by molar-refractivity contribution is 5.94. The van der Waals surface area contributed by atoms with Crippen molar-refractivity contribution in [3.05, 3.63) is 24.3 Å². The molecule has 4 heteroatoms. The largest absolute Gasteiger partial charge is 0.481 e. The predicted octanol–water partition coefficient (Wildman–Crippen LogP) is 4.92. The summed E-state index contributed by atoms with van der Waals surface area (Å²) < 4.78 is 0. The van der Waals surface area contributed by atoms with Crippen LogP contribution in [-0.4, -0.2) is 28.1 Å². The van der Waals surface area contributed by atoms with Crippen LogP contribution in [0.5, 0.6) is 0 Å². The van der Waals surface area contributed by atoms with Crippen LogP contribution in [0.3, 0.4) is 0 Å². The van der Waals surface area contributed by atoms with Crippen molar-refractivity contribution in [1.29, 1.82) is 0 Å². The third kappa shape index (κ3) is 7.86. The van der Waals surface area contributed by atoms with Crippen LogP contribution < -0.4 is 0 Å². The number of unbranched alkanes of at least 4 members (excludes halogenated alkanes) is 4. The van der Waals surface area contributed by atoms with Gasteiger partial charge in [-0.1, -0.05) is 71.1 Å². The summed E-state index contributed by atoms with van der Waals surface area (Å²) in [4.78, 5) is 22.6. The number of rotatable bonds is 13. The van der Waals surface area contributed by atoms with E-state index in [1.807, 2.05) is 18.2 Å². The lowest BCUT2D eigenvalue weighted by atomic mass is 9.80. The Morgan fingerprint density at radius 3 is 2.58 bits per heavy atom. The zero-order valence-corrected chi connectivity index (χ0v) is 16.6. The van der Waals surface area contributed by atoms with Crippen molar-refractivity contribution in [3.63, 3.8) is 0 Å². The van der Waals surface area contributed by atoms with Crippen LogP contribution in [0, 0.1) is 17.3 Å². The van der Waals surface area contributed by atoms with Crippen molar-refractivity contribution in [2.45, 2.75) is 84.7 Å². The average Bonchev–Trinajstić information content (AvgIpc) is 2.93. The van der Waals surface area contributed by atoms with Gasteiger partial charge < -0.3 is 10.2 Å². The monoisotopic (exact) mass is 364 g/mol. The van der Waals surface area contributed by atoms with Gasteiger partial charge in [0.2, 0.25) is 0 Å². The highest BCUT2D eigenvalue weighted by atomic mass is 16.4. The minimum absolute atomic E-state index is 0.0309. The van der Waals surface area contributed by atoms with Gasteiger partial charge in [-0.2, -0.15) is 0 Å². The van der Waals surface area contributed by atoms with E-state index in [0.717, 1.165) is 44.9 Å². The molecule has 0 aromatic carbocycles. The highest BCUT2D eigenvalue weighted by Gasteiger charge is 2.29. The van der Waals surface area contributed by atoms with Crippen LogP contribution in [0.4, 0.5) is 0 Å². The number of allylic oxidation sites excluding steroid dienone is 3. The molecular weight excluding hydrogens is 328 g/mol. The minimum Gasteiger partial charge on any atom is -0.481 e. The number of hydrogen-bond donors (Lipinski definition) is 2. The topological polar surface area (TPSA) is 74.6 Å². The molecule has 0 amide bonds. The zero-order valence-electron chi connectivity index (χ0n) is 16.6. The van der Waals surface area contributed by atoms with Gasteiger partial charge in [-0.05, 0) is 30.8 Å². The quantitative estimate of drug-likeness (QED) is 0.359. The average molecular weight is 365 g/mol. The summed E-state index contributed by atoms with van der Waals surface area (Å²) in [6.07, 6.45) is 14.7. The SMILES string of the molecule is CCCCC(C)(C)C(O)C=C[C@H]1C=CC(=O)C1CCCCCCC(=O)O. The lowest BCUT2D eigenvalue weighted by molar-refractivity contribution is -0.137. The summed E-state index contributed by atoms with van der Waals surface area (Å²) in [6.45, 7) is 6.32. The number of aliphatic hydroxyl groups excluding tert-OH is 1. The molecule has 0 aliphatic heterocycles. The van der Waals surface area contributed by atoms with Gasteiger partial charge in [0.25, 0.3) is 0 Å². The van der Waals surface area contributed by atoms with E-state index < -0.39 is 12.1 Å². The second-order valence-corrected chi connectivity index (χ2v) is 8.21. The first-order chi connectivity index (χ1) is 12.3. The third-order valence-corrected chi connectivity index (χ3v) is 5.46. The van der Waals surface area contributed by atoms with Crippen LogP contribution in [0.2, 0.25) is 0 Å². The summed E-state index contributed by atoms with van der Waals surface area (Å²) in [5.41, 5.74) is -0.154. The summed E-state index contributed by atoms with van der Waals surface area (Å²) in [5.74, 6) is -0.537. The molecule has 3 atom stereocenters. The molecule has 0 aromatic rings. The Hall–Kier alpha value is -1.42. The molecule has 0 radical (unpaired) electrons. The molecule has 0 saturated carbocycles. The molecule has 0 saturated heterocycles. The Bertz CT molecular complexity index is 504. The van der Waals surface area contributed by atoms with Crippen LogP contribution in [-0.2, 0) is 9.59 Å². The fourth-order valence-electron chi connectivity index (χ4n) is 3.45. The number of aliphatic carboxylic acids is 1. The van der Waals surface area contributed by atoms with E-state index in [4.69, 9.17) is 5.11 Å². The summed E-state index contributed by atoms with van der Waals surface area (Å²) in [7, 11) is 0. The maximum Gasteiger partial charge on any atom is 0.303 e. The number of hydrogen-bond acceptors (Lipinski definition) is 3. The number of carbonyl (C=O) groups is 2. The van der Waals surface area contributed by atoms with E-state index in [1.54, 1.807) is 6.08 Å². The molecule has 0 bridgehead atoms. The van der Waals surface area contributed by atoms with Crippen molar-refractivity contribution in [2.24, 2.45) is 17.3 Å². The van der Waals surface area contributed by atoms with Crippen LogP contribution in [0.15, 0.2) is 24.3 Å². The Labute approximate surface area is 158 Å². The second kappa shape index (κ2) is 11.3. The van der Waals surface area contributed by atoms with Gasteiger partial charge >= 0.3 is 5.97 Å². The maximum absolute atomic E-state index is 12.1. The molecule has 4 nitrogen and oxygen atoms in total. The van der Waals surface area contributed by atoms with Crippen molar-refractivity contribution in [3.8, 4) is 0 Å². The molecule has 26 heavy (non-hydrogen) atoms. The normalized spacial score (nSPS) is 21.6. The molecule has 0 aromatic heterocycles. The first kappa shape index (κ1) is 22.6. The molecular formula is C22H36O4. The molecule has 1 aliphatic carbocycles. The van der Waals surface area contributed by atoms with Crippen LogP contribution in [0.25, 0.3) is 0 Å². The molecule has 1 rings (SSSR count). The van der Waals surface area contributed by atoms with E-state index in [9.17, 15) is 14.7 Å². The Balaban J connectivity index is 2.45. The Morgan fingerprint density at radius 1 is 1.23 bits per heavy atom. The maximum atomic E-state index is 12.1. The van der Waals surface area contributed by atoms with E-state index in [0.29, 0.717) is 6.42 Å². The lowest BCUT2D eigenvalue weighted by Gasteiger charge is -2.29. The first-order valence-electron chi connectivity index (χ1n) is 10.1. The second-order valence-electron chi connectivity index (χ2n) is 8.21. The first-order valence-corrected chi connectivity index (χ1v) is 10.1. The smallest absolute Gasteiger partial charge is 0.303 e. The van der Waals surface area contributed by atoms with Gasteiger partial charge in [-0.15, -0.1) is 0 Å². The summed E-state index contributed by atoms with van der Waals surface area (Å²) >= 11 is 0. The molecule has 0 fully saturated rings. The van der Waals surface area contributed by atoms with E-state index in [1.165, 1.54) is 0 Å². The van der Waals surface area contributed by atoms with Gasteiger partial charge in [0.15, 0.2) is 5.78 Å². The fourth-order valence-corrected chi connectivity index (χ4v) is 3.45. The van der Waals surface area contributed by atoms with E-state index in [2.05, 4.69) is 20.8 Å². The van der Waals surface area contributed by atoms with E-state index in [-0.39, 0.29) is 29.5 Å². The van der Waals surface area contributed by atoms with Gasteiger partial charge in [-0.3, -0.25) is 9.59 Å². The van der Waals surface area contributed by atoms with Crippen molar-refractivity contribution in [1.82, 2.24) is 0 Å². The number of ketones is 1. The predicted molar refractivity (Wildman–Crippen MR) is 105 cm³/mol. The van der Waals surface area contributed by atoms with Gasteiger partial charge in [0.1, 0.15) is 0 Å². The molecule has 1 aliphatic rings. The molecule has 2 unspecified atom stereocenters. The molecule has 148 valence electrons. The van der Waals surface area contributed by atoms with Gasteiger partial charge in [0.05, 0.1) is 6.10 Å².